The van der Waals surface area contributed by atoms with E-state index in [1.165, 1.54) is 12.6 Å². The van der Waals surface area contributed by atoms with Crippen molar-refractivity contribution in [3.8, 4) is 5.69 Å². The minimum Gasteiger partial charge on any atom is -0.356 e. The molecule has 0 bridgehead atoms. The molecule has 0 radical (unpaired) electrons. The van der Waals surface area contributed by atoms with E-state index in [2.05, 4.69) is 49.7 Å². The number of rotatable bonds is 9. The van der Waals surface area contributed by atoms with Crippen LogP contribution < -0.4 is 15.4 Å². The molecule has 0 unspecified atom stereocenters. The normalized spacial score (nSPS) is 12.0. The van der Waals surface area contributed by atoms with E-state index in [0.29, 0.717) is 12.5 Å². The van der Waals surface area contributed by atoms with Crippen LogP contribution in [-0.2, 0) is 28.7 Å². The van der Waals surface area contributed by atoms with Gasteiger partial charge in [-0.3, -0.25) is 4.99 Å². The highest BCUT2D eigenvalue weighted by Gasteiger charge is 2.09. The molecular weight excluding hydrogens is 412 g/mol. The second kappa shape index (κ2) is 10.7. The van der Waals surface area contributed by atoms with Crippen molar-refractivity contribution in [3.63, 3.8) is 0 Å². The topological polar surface area (TPSA) is 100 Å². The SMILES string of the molecule is CN=C(NCCc1ccc(-n2cccn2)cc1)NCc1cccc(CS(=O)(=O)NC)c1. The lowest BCUT2D eigenvalue weighted by molar-refractivity contribution is 0.587. The molecule has 3 N–H and O–H groups in total. The van der Waals surface area contributed by atoms with Gasteiger partial charge in [0.25, 0.3) is 0 Å². The Hall–Kier alpha value is -3.17. The highest BCUT2D eigenvalue weighted by atomic mass is 32.2. The Labute approximate surface area is 183 Å². The number of guanidine groups is 1. The summed E-state index contributed by atoms with van der Waals surface area (Å²) in [5, 5.41) is 10.8. The number of hydrogen-bond donors (Lipinski definition) is 3. The predicted octanol–water partition coefficient (Wildman–Crippen LogP) is 1.83. The lowest BCUT2D eigenvalue weighted by Crippen LogP contribution is -2.37. The van der Waals surface area contributed by atoms with Crippen LogP contribution in [0.3, 0.4) is 0 Å². The maximum absolute atomic E-state index is 11.7. The molecule has 0 aliphatic carbocycles. The van der Waals surface area contributed by atoms with Gasteiger partial charge in [-0.1, -0.05) is 36.4 Å². The lowest BCUT2D eigenvalue weighted by Gasteiger charge is -2.13. The van der Waals surface area contributed by atoms with Crippen LogP contribution in [0.15, 0.2) is 72.0 Å². The Balaban J connectivity index is 1.47. The van der Waals surface area contributed by atoms with Gasteiger partial charge in [-0.2, -0.15) is 5.10 Å². The first-order valence-electron chi connectivity index (χ1n) is 10.0. The van der Waals surface area contributed by atoms with Gasteiger partial charge in [0, 0.05) is 32.5 Å². The summed E-state index contributed by atoms with van der Waals surface area (Å²) in [4.78, 5) is 4.25. The van der Waals surface area contributed by atoms with Crippen LogP contribution in [0.25, 0.3) is 5.69 Å². The van der Waals surface area contributed by atoms with Crippen molar-refractivity contribution in [1.29, 1.82) is 0 Å². The zero-order chi connectivity index (χ0) is 22.1. The van der Waals surface area contributed by atoms with E-state index >= 15 is 0 Å². The molecule has 3 aromatic rings. The van der Waals surface area contributed by atoms with Crippen LogP contribution in [0.5, 0.6) is 0 Å². The van der Waals surface area contributed by atoms with Gasteiger partial charge in [0.05, 0.1) is 11.4 Å². The molecule has 8 nitrogen and oxygen atoms in total. The number of hydrogen-bond acceptors (Lipinski definition) is 4. The van der Waals surface area contributed by atoms with Gasteiger partial charge < -0.3 is 10.6 Å². The molecule has 0 spiro atoms. The Morgan fingerprint density at radius 3 is 2.48 bits per heavy atom. The molecule has 0 aliphatic rings. The third-order valence-electron chi connectivity index (χ3n) is 4.75. The zero-order valence-corrected chi connectivity index (χ0v) is 18.6. The van der Waals surface area contributed by atoms with E-state index in [9.17, 15) is 8.42 Å². The van der Waals surface area contributed by atoms with E-state index in [1.807, 2.05) is 41.2 Å². The molecule has 0 aliphatic heterocycles. The van der Waals surface area contributed by atoms with Gasteiger partial charge in [-0.15, -0.1) is 0 Å². The summed E-state index contributed by atoms with van der Waals surface area (Å²) in [6.07, 6.45) is 4.54. The minimum absolute atomic E-state index is 0.0382. The van der Waals surface area contributed by atoms with Gasteiger partial charge in [-0.05, 0) is 48.4 Å². The van der Waals surface area contributed by atoms with Crippen LogP contribution in [0, 0.1) is 0 Å². The van der Waals surface area contributed by atoms with Gasteiger partial charge in [0.1, 0.15) is 0 Å². The number of nitrogens with one attached hydrogen (secondary N) is 3. The molecule has 1 heterocycles. The van der Waals surface area contributed by atoms with Crippen LogP contribution in [0.4, 0.5) is 0 Å². The number of sulfonamides is 1. The molecule has 0 fully saturated rings. The first kappa shape index (κ1) is 22.5. The number of nitrogens with zero attached hydrogens (tertiary/aromatic N) is 3. The van der Waals surface area contributed by atoms with Gasteiger partial charge in [0.2, 0.25) is 10.0 Å². The molecule has 0 atom stereocenters. The average Bonchev–Trinajstić information content (AvgIpc) is 3.31. The van der Waals surface area contributed by atoms with Crippen LogP contribution in [-0.4, -0.2) is 44.8 Å². The number of aromatic nitrogens is 2. The van der Waals surface area contributed by atoms with Gasteiger partial charge >= 0.3 is 0 Å². The number of aliphatic imine (C=N–C) groups is 1. The molecule has 0 amide bonds. The summed E-state index contributed by atoms with van der Waals surface area (Å²) in [5.41, 5.74) is 3.98. The maximum Gasteiger partial charge on any atom is 0.215 e. The highest BCUT2D eigenvalue weighted by Crippen LogP contribution is 2.10. The van der Waals surface area contributed by atoms with E-state index < -0.39 is 10.0 Å². The monoisotopic (exact) mass is 440 g/mol. The lowest BCUT2D eigenvalue weighted by atomic mass is 10.1. The molecule has 3 rings (SSSR count). The molecule has 31 heavy (non-hydrogen) atoms. The highest BCUT2D eigenvalue weighted by molar-refractivity contribution is 7.88. The summed E-state index contributed by atoms with van der Waals surface area (Å²) in [5.74, 6) is 0.658. The Morgan fingerprint density at radius 1 is 1.03 bits per heavy atom. The third kappa shape index (κ3) is 6.94. The van der Waals surface area contributed by atoms with Crippen molar-refractivity contribution >= 4 is 16.0 Å². The van der Waals surface area contributed by atoms with Crippen LogP contribution in [0.1, 0.15) is 16.7 Å². The average molecular weight is 441 g/mol. The summed E-state index contributed by atoms with van der Waals surface area (Å²) in [7, 11) is -0.143. The third-order valence-corrected chi connectivity index (χ3v) is 6.09. The molecule has 164 valence electrons. The summed E-state index contributed by atoms with van der Waals surface area (Å²) < 4.78 is 27.7. The smallest absolute Gasteiger partial charge is 0.215 e. The minimum atomic E-state index is -3.29. The fourth-order valence-corrected chi connectivity index (χ4v) is 3.85. The fraction of sp³-hybridized carbons (Fsp3) is 0.273. The van der Waals surface area contributed by atoms with Gasteiger partial charge in [0.15, 0.2) is 5.96 Å². The molecule has 1 aromatic heterocycles. The Bertz CT molecular complexity index is 1090. The Kier molecular flexibility index (Phi) is 7.80. The van der Waals surface area contributed by atoms with Crippen molar-refractivity contribution < 1.29 is 8.42 Å². The van der Waals surface area contributed by atoms with E-state index in [0.717, 1.165) is 29.8 Å². The van der Waals surface area contributed by atoms with E-state index in [1.54, 1.807) is 13.2 Å². The first-order valence-corrected chi connectivity index (χ1v) is 11.7. The summed E-state index contributed by atoms with van der Waals surface area (Å²) in [6, 6.07) is 17.7. The predicted molar refractivity (Wildman–Crippen MR) is 124 cm³/mol. The zero-order valence-electron chi connectivity index (χ0n) is 17.7. The quantitative estimate of drug-likeness (QED) is 0.348. The molecule has 0 saturated heterocycles. The summed E-state index contributed by atoms with van der Waals surface area (Å²) >= 11 is 0. The summed E-state index contributed by atoms with van der Waals surface area (Å²) in [6.45, 7) is 1.28. The largest absolute Gasteiger partial charge is 0.356 e. The maximum atomic E-state index is 11.7. The molecule has 0 saturated carbocycles. The van der Waals surface area contributed by atoms with Crippen molar-refractivity contribution in [1.82, 2.24) is 25.1 Å². The van der Waals surface area contributed by atoms with Crippen molar-refractivity contribution in [2.24, 2.45) is 4.99 Å². The van der Waals surface area contributed by atoms with Crippen molar-refractivity contribution in [3.05, 3.63) is 83.7 Å². The van der Waals surface area contributed by atoms with E-state index in [-0.39, 0.29) is 5.75 Å². The van der Waals surface area contributed by atoms with Crippen molar-refractivity contribution in [2.45, 2.75) is 18.7 Å². The van der Waals surface area contributed by atoms with Crippen LogP contribution >= 0.6 is 0 Å². The molecule has 2 aromatic carbocycles. The standard InChI is InChI=1S/C22H28N6O2S/c1-23-22(26-16-19-5-3-6-20(15-19)17-31(29,30)24-2)25-13-11-18-7-9-21(10-8-18)28-14-4-12-27-28/h3-10,12,14-15,24H,11,13,16-17H2,1-2H3,(H2,23,25,26). The van der Waals surface area contributed by atoms with Crippen molar-refractivity contribution in [2.75, 3.05) is 20.6 Å². The first-order chi connectivity index (χ1) is 15.0. The van der Waals surface area contributed by atoms with E-state index in [4.69, 9.17) is 0 Å². The Morgan fingerprint density at radius 2 is 1.81 bits per heavy atom. The second-order valence-corrected chi connectivity index (χ2v) is 8.93. The fourth-order valence-electron chi connectivity index (χ4n) is 3.09. The number of benzene rings is 2. The van der Waals surface area contributed by atoms with Crippen LogP contribution in [0.2, 0.25) is 0 Å². The second-order valence-electron chi connectivity index (χ2n) is 7.00. The molecule has 9 heteroatoms. The van der Waals surface area contributed by atoms with Gasteiger partial charge in [-0.25, -0.2) is 17.8 Å². The molecular formula is C22H28N6O2S.